The van der Waals surface area contributed by atoms with Gasteiger partial charge in [0.05, 0.1) is 23.0 Å². The number of ketones is 2. The summed E-state index contributed by atoms with van der Waals surface area (Å²) in [5.74, 6) is -0.758. The summed E-state index contributed by atoms with van der Waals surface area (Å²) < 4.78 is 0. The Morgan fingerprint density at radius 3 is 2.42 bits per heavy atom. The van der Waals surface area contributed by atoms with Crippen LogP contribution in [0.2, 0.25) is 5.02 Å². The van der Waals surface area contributed by atoms with Crippen LogP contribution in [0.25, 0.3) is 0 Å². The minimum atomic E-state index is -0.358. The van der Waals surface area contributed by atoms with Gasteiger partial charge in [0.2, 0.25) is 11.6 Å². The van der Waals surface area contributed by atoms with E-state index in [1.165, 1.54) is 35.3 Å². The third kappa shape index (κ3) is 4.84. The van der Waals surface area contributed by atoms with Gasteiger partial charge in [-0.25, -0.2) is 0 Å². The van der Waals surface area contributed by atoms with E-state index in [2.05, 4.69) is 5.32 Å². The number of carbonyl (C=O) groups excluding carboxylic acids is 2. The van der Waals surface area contributed by atoms with Gasteiger partial charge < -0.3 is 20.4 Å². The number of rotatable bonds is 5. The molecule has 1 aliphatic carbocycles. The lowest BCUT2D eigenvalue weighted by atomic mass is 10.1. The first kappa shape index (κ1) is 19.7. The summed E-state index contributed by atoms with van der Waals surface area (Å²) in [6, 6.07) is 4.38. The maximum absolute atomic E-state index is 12.1. The van der Waals surface area contributed by atoms with Gasteiger partial charge in [-0.15, -0.1) is 0 Å². The molecule has 0 aromatic heterocycles. The smallest absolute Gasteiger partial charge is 0.204 e. The molecule has 0 radical (unpaired) electrons. The van der Waals surface area contributed by atoms with E-state index in [-0.39, 0.29) is 46.9 Å². The molecule has 1 aromatic carbocycles. The summed E-state index contributed by atoms with van der Waals surface area (Å²) in [6.07, 6.45) is 2.43. The average molecular weight is 353 g/mol. The predicted molar refractivity (Wildman–Crippen MR) is 94.0 cm³/mol. The maximum Gasteiger partial charge on any atom is 0.204 e. The number of hydrogen-bond acceptors (Lipinski definition) is 6. The fraction of sp³-hybridized carbons (Fsp3) is 0.294. The number of benzene rings is 1. The lowest BCUT2D eigenvalue weighted by molar-refractivity contribution is -0.116. The second-order valence-electron chi connectivity index (χ2n) is 4.75. The van der Waals surface area contributed by atoms with Gasteiger partial charge in [-0.2, -0.15) is 0 Å². The zero-order chi connectivity index (χ0) is 18.3. The van der Waals surface area contributed by atoms with E-state index in [9.17, 15) is 14.7 Å². The summed E-state index contributed by atoms with van der Waals surface area (Å²) in [6.45, 7) is 4.14. The average Bonchev–Trinajstić information content (AvgIpc) is 2.56. The molecular weight excluding hydrogens is 332 g/mol. The zero-order valence-electron chi connectivity index (χ0n) is 13.8. The van der Waals surface area contributed by atoms with Crippen molar-refractivity contribution in [3.05, 3.63) is 46.8 Å². The molecule has 130 valence electrons. The lowest BCUT2D eigenvalue weighted by Gasteiger charge is -2.22. The molecule has 0 unspecified atom stereocenters. The number of likely N-dealkylation sites (N-methyl/N-ethyl adjacent to an activating group) is 1. The summed E-state index contributed by atoms with van der Waals surface area (Å²) in [4.78, 5) is 25.7. The van der Waals surface area contributed by atoms with Crippen molar-refractivity contribution in [1.29, 1.82) is 0 Å². The number of nitrogens with one attached hydrogen (secondary N) is 1. The Bertz CT molecular complexity index is 683. The summed E-state index contributed by atoms with van der Waals surface area (Å²) >= 11 is 5.79. The van der Waals surface area contributed by atoms with Crippen LogP contribution in [0.3, 0.4) is 0 Å². The normalized spacial score (nSPS) is 13.5. The van der Waals surface area contributed by atoms with Crippen LogP contribution in [-0.2, 0) is 9.59 Å². The van der Waals surface area contributed by atoms with Crippen LogP contribution in [0.5, 0.6) is 5.75 Å². The predicted octanol–water partition coefficient (Wildman–Crippen LogP) is 2.33. The minimum absolute atomic E-state index is 0.0694. The Kier molecular flexibility index (Phi) is 7.48. The lowest BCUT2D eigenvalue weighted by Crippen LogP contribution is -2.30. The highest BCUT2D eigenvalue weighted by Gasteiger charge is 2.22. The van der Waals surface area contributed by atoms with Crippen LogP contribution >= 0.6 is 11.6 Å². The first-order chi connectivity index (χ1) is 11.4. The first-order valence-electron chi connectivity index (χ1n) is 7.52. The van der Waals surface area contributed by atoms with Crippen molar-refractivity contribution < 1.29 is 19.8 Å². The van der Waals surface area contributed by atoms with Crippen LogP contribution in [-0.4, -0.2) is 46.9 Å². The van der Waals surface area contributed by atoms with Crippen molar-refractivity contribution in [2.24, 2.45) is 0 Å². The number of hydrogen-bond donors (Lipinski definition) is 3. The molecule has 0 bridgehead atoms. The molecule has 1 aromatic rings. The molecule has 0 saturated heterocycles. The van der Waals surface area contributed by atoms with Gasteiger partial charge in [0.1, 0.15) is 5.75 Å². The van der Waals surface area contributed by atoms with Gasteiger partial charge >= 0.3 is 0 Å². The van der Waals surface area contributed by atoms with E-state index >= 15 is 0 Å². The zero-order valence-corrected chi connectivity index (χ0v) is 14.6. The number of phenolic OH excluding ortho intramolecular Hbond substituents is 1. The number of phenols is 1. The van der Waals surface area contributed by atoms with Gasteiger partial charge in [-0.05, 0) is 18.2 Å². The molecule has 0 atom stereocenters. The van der Waals surface area contributed by atoms with Crippen LogP contribution in [0.15, 0.2) is 41.7 Å². The highest BCUT2D eigenvalue weighted by atomic mass is 35.5. The summed E-state index contributed by atoms with van der Waals surface area (Å²) in [5.41, 5.74) is 0.831. The van der Waals surface area contributed by atoms with Gasteiger partial charge in [-0.3, -0.25) is 9.59 Å². The number of nitrogens with zero attached hydrogens (tertiary/aromatic N) is 1. The Morgan fingerprint density at radius 1 is 1.17 bits per heavy atom. The molecule has 0 amide bonds. The molecule has 0 aliphatic heterocycles. The molecule has 0 fully saturated rings. The highest BCUT2D eigenvalue weighted by Crippen LogP contribution is 2.27. The van der Waals surface area contributed by atoms with Crippen LogP contribution in [0.4, 0.5) is 5.69 Å². The summed E-state index contributed by atoms with van der Waals surface area (Å²) in [5, 5.41) is 21.2. The second-order valence-corrected chi connectivity index (χ2v) is 5.16. The number of carbonyl (C=O) groups is 2. The largest absolute Gasteiger partial charge is 0.506 e. The van der Waals surface area contributed by atoms with Crippen molar-refractivity contribution in [1.82, 2.24) is 4.90 Å². The Balaban J connectivity index is 0.00000139. The Labute approximate surface area is 146 Å². The van der Waals surface area contributed by atoms with E-state index in [4.69, 9.17) is 16.7 Å². The van der Waals surface area contributed by atoms with Gasteiger partial charge in [-0.1, -0.05) is 25.4 Å². The van der Waals surface area contributed by atoms with Crippen molar-refractivity contribution in [3.8, 4) is 5.75 Å². The van der Waals surface area contributed by atoms with E-state index in [1.807, 2.05) is 13.8 Å². The van der Waals surface area contributed by atoms with Crippen LogP contribution < -0.4 is 5.32 Å². The van der Waals surface area contributed by atoms with E-state index in [0.29, 0.717) is 5.69 Å². The number of aromatic hydroxyl groups is 1. The molecule has 0 spiro atoms. The Hall–Kier alpha value is -2.31. The molecule has 0 saturated carbocycles. The molecule has 6 nitrogen and oxygen atoms in total. The van der Waals surface area contributed by atoms with E-state index < -0.39 is 0 Å². The first-order valence-corrected chi connectivity index (χ1v) is 7.89. The van der Waals surface area contributed by atoms with Crippen LogP contribution in [0.1, 0.15) is 13.8 Å². The molecular formula is C17H21ClN2O4. The third-order valence-corrected chi connectivity index (χ3v) is 3.44. The van der Waals surface area contributed by atoms with Crippen molar-refractivity contribution in [3.63, 3.8) is 0 Å². The highest BCUT2D eigenvalue weighted by molar-refractivity contribution is 6.32. The van der Waals surface area contributed by atoms with Crippen molar-refractivity contribution in [2.75, 3.05) is 25.5 Å². The monoisotopic (exact) mass is 352 g/mol. The summed E-state index contributed by atoms with van der Waals surface area (Å²) in [7, 11) is 1.62. The molecule has 7 heteroatoms. The van der Waals surface area contributed by atoms with Gasteiger partial charge in [0, 0.05) is 31.4 Å². The third-order valence-electron chi connectivity index (χ3n) is 3.13. The van der Waals surface area contributed by atoms with Crippen molar-refractivity contribution in [2.45, 2.75) is 13.8 Å². The van der Waals surface area contributed by atoms with E-state index in [1.54, 1.807) is 7.05 Å². The Morgan fingerprint density at radius 2 is 1.83 bits per heavy atom. The fourth-order valence-electron chi connectivity index (χ4n) is 1.96. The number of allylic oxidation sites excluding steroid dienone is 2. The van der Waals surface area contributed by atoms with E-state index in [0.717, 1.165) is 0 Å². The van der Waals surface area contributed by atoms with Crippen molar-refractivity contribution >= 4 is 28.9 Å². The fourth-order valence-corrected chi connectivity index (χ4v) is 2.14. The SMILES string of the molecule is CC.CN(CCO)C1=CC(=O)C(Nc2ccc(O)c(Cl)c2)=CC1=O. The number of aliphatic hydroxyl groups excluding tert-OH is 1. The van der Waals surface area contributed by atoms with Crippen LogP contribution in [0, 0.1) is 0 Å². The second kappa shape index (κ2) is 9.10. The topological polar surface area (TPSA) is 89.9 Å². The molecule has 3 N–H and O–H groups in total. The number of halogens is 1. The standard InChI is InChI=1S/C15H15ClN2O4.C2H6/c1-18(4-5-19)12-8-14(21)11(7-15(12)22)17-9-2-3-13(20)10(16)6-9;1-2/h2-3,6-8,17,19-20H,4-5H2,1H3;1-2H3. The van der Waals surface area contributed by atoms with Gasteiger partial charge in [0.15, 0.2) is 0 Å². The molecule has 2 rings (SSSR count). The molecule has 0 heterocycles. The van der Waals surface area contributed by atoms with Gasteiger partial charge in [0.25, 0.3) is 0 Å². The quantitative estimate of drug-likeness (QED) is 0.556. The molecule has 24 heavy (non-hydrogen) atoms. The number of aliphatic hydroxyl groups is 1. The minimum Gasteiger partial charge on any atom is -0.506 e. The maximum atomic E-state index is 12.1. The molecule has 1 aliphatic rings. The number of anilines is 1.